The van der Waals surface area contributed by atoms with Crippen LogP contribution in [0.4, 0.5) is 10.5 Å². The number of urea groups is 1. The first-order valence-electron chi connectivity index (χ1n) is 9.26. The van der Waals surface area contributed by atoms with E-state index in [1.165, 1.54) is 9.47 Å². The van der Waals surface area contributed by atoms with E-state index in [9.17, 15) is 14.4 Å². The SMILES string of the molecule is CCCn1c(=O)c2[nH]c(-c3ccc(N(C)C(N)=O)cc3)nc2n(CCC)c1=O. The molecule has 3 N–H and O–H groups in total. The fraction of sp³-hybridized carbons (Fsp3) is 0.368. The Hall–Kier alpha value is -3.36. The Morgan fingerprint density at radius 3 is 2.29 bits per heavy atom. The van der Waals surface area contributed by atoms with Gasteiger partial charge in [0.05, 0.1) is 0 Å². The van der Waals surface area contributed by atoms with Gasteiger partial charge in [-0.05, 0) is 37.1 Å². The van der Waals surface area contributed by atoms with E-state index >= 15 is 0 Å². The minimum Gasteiger partial charge on any atom is -0.351 e. The number of fused-ring (bicyclic) bond motifs is 1. The van der Waals surface area contributed by atoms with Gasteiger partial charge >= 0.3 is 11.7 Å². The number of nitrogens with two attached hydrogens (primary N) is 1. The van der Waals surface area contributed by atoms with Crippen molar-refractivity contribution in [3.63, 3.8) is 0 Å². The van der Waals surface area contributed by atoms with Gasteiger partial charge in [-0.3, -0.25) is 18.8 Å². The molecular weight excluding hydrogens is 360 g/mol. The molecule has 9 heteroatoms. The number of carbonyl (C=O) groups excluding carboxylic acids is 1. The zero-order valence-corrected chi connectivity index (χ0v) is 16.2. The van der Waals surface area contributed by atoms with Crippen molar-refractivity contribution in [3.05, 3.63) is 45.1 Å². The normalized spacial score (nSPS) is 11.1. The van der Waals surface area contributed by atoms with Crippen LogP contribution in [0.5, 0.6) is 0 Å². The molecule has 0 fully saturated rings. The molecule has 0 aliphatic carbocycles. The number of rotatable bonds is 6. The molecule has 0 aliphatic rings. The smallest absolute Gasteiger partial charge is 0.332 e. The van der Waals surface area contributed by atoms with Gasteiger partial charge in [-0.2, -0.15) is 0 Å². The van der Waals surface area contributed by atoms with Gasteiger partial charge in [0, 0.05) is 31.4 Å². The van der Waals surface area contributed by atoms with E-state index in [0.29, 0.717) is 42.2 Å². The first kappa shape index (κ1) is 19.4. The molecule has 148 valence electrons. The number of carbonyl (C=O) groups is 1. The summed E-state index contributed by atoms with van der Waals surface area (Å²) in [6.07, 6.45) is 1.43. The second-order valence-corrected chi connectivity index (χ2v) is 6.62. The van der Waals surface area contributed by atoms with Crippen LogP contribution in [0.1, 0.15) is 26.7 Å². The maximum Gasteiger partial charge on any atom is 0.332 e. The Kier molecular flexibility index (Phi) is 5.34. The molecule has 3 aromatic rings. The van der Waals surface area contributed by atoms with Crippen LogP contribution < -0.4 is 21.9 Å². The fourth-order valence-corrected chi connectivity index (χ4v) is 3.12. The van der Waals surface area contributed by atoms with E-state index in [1.54, 1.807) is 35.9 Å². The highest BCUT2D eigenvalue weighted by molar-refractivity contribution is 5.90. The summed E-state index contributed by atoms with van der Waals surface area (Å²) in [4.78, 5) is 45.7. The lowest BCUT2D eigenvalue weighted by Crippen LogP contribution is -2.40. The van der Waals surface area contributed by atoms with Crippen molar-refractivity contribution in [2.24, 2.45) is 5.73 Å². The number of benzene rings is 1. The van der Waals surface area contributed by atoms with Gasteiger partial charge in [0.15, 0.2) is 5.65 Å². The van der Waals surface area contributed by atoms with Gasteiger partial charge in [-0.15, -0.1) is 0 Å². The van der Waals surface area contributed by atoms with Crippen LogP contribution in [0.25, 0.3) is 22.6 Å². The van der Waals surface area contributed by atoms with Crippen LogP contribution in [0, 0.1) is 0 Å². The zero-order chi connectivity index (χ0) is 20.4. The van der Waals surface area contributed by atoms with Crippen molar-refractivity contribution < 1.29 is 4.79 Å². The van der Waals surface area contributed by atoms with Crippen molar-refractivity contribution >= 4 is 22.9 Å². The molecule has 3 rings (SSSR count). The van der Waals surface area contributed by atoms with Crippen molar-refractivity contribution in [1.29, 1.82) is 0 Å². The molecule has 2 aromatic heterocycles. The number of H-pyrrole nitrogens is 1. The number of aryl methyl sites for hydroxylation is 1. The number of primary amides is 1. The third kappa shape index (κ3) is 3.30. The topological polar surface area (TPSA) is 119 Å². The predicted octanol–water partition coefficient (Wildman–Crippen LogP) is 1.89. The highest BCUT2D eigenvalue weighted by atomic mass is 16.2. The van der Waals surface area contributed by atoms with E-state index in [2.05, 4.69) is 9.97 Å². The molecule has 0 saturated heterocycles. The summed E-state index contributed by atoms with van der Waals surface area (Å²) in [6, 6.07) is 6.47. The lowest BCUT2D eigenvalue weighted by atomic mass is 10.2. The quantitative estimate of drug-likeness (QED) is 0.674. The van der Waals surface area contributed by atoms with Crippen LogP contribution in [0.3, 0.4) is 0 Å². The van der Waals surface area contributed by atoms with Gasteiger partial charge < -0.3 is 10.7 Å². The Balaban J connectivity index is 2.15. The van der Waals surface area contributed by atoms with Crippen LogP contribution in [0.15, 0.2) is 33.9 Å². The van der Waals surface area contributed by atoms with Crippen LogP contribution in [-0.2, 0) is 13.1 Å². The first-order chi connectivity index (χ1) is 13.4. The summed E-state index contributed by atoms with van der Waals surface area (Å²) in [6.45, 7) is 4.73. The summed E-state index contributed by atoms with van der Waals surface area (Å²) < 4.78 is 2.80. The van der Waals surface area contributed by atoms with E-state index < -0.39 is 6.03 Å². The van der Waals surface area contributed by atoms with Gasteiger partial charge in [-0.1, -0.05) is 13.8 Å². The summed E-state index contributed by atoms with van der Waals surface area (Å²) in [5, 5.41) is 0. The molecule has 1 aromatic carbocycles. The van der Waals surface area contributed by atoms with Crippen molar-refractivity contribution in [1.82, 2.24) is 19.1 Å². The van der Waals surface area contributed by atoms with Gasteiger partial charge in [0.1, 0.15) is 11.3 Å². The number of hydrogen-bond donors (Lipinski definition) is 2. The lowest BCUT2D eigenvalue weighted by Gasteiger charge is -2.14. The second-order valence-electron chi connectivity index (χ2n) is 6.62. The van der Waals surface area contributed by atoms with E-state index in [-0.39, 0.29) is 11.2 Å². The number of aromatic amines is 1. The Bertz CT molecular complexity index is 1120. The minimum absolute atomic E-state index is 0.315. The van der Waals surface area contributed by atoms with Crippen LogP contribution in [0.2, 0.25) is 0 Å². The largest absolute Gasteiger partial charge is 0.351 e. The summed E-state index contributed by atoms with van der Waals surface area (Å²) >= 11 is 0. The maximum absolute atomic E-state index is 12.8. The average Bonchev–Trinajstić information content (AvgIpc) is 3.13. The molecule has 0 bridgehead atoms. The minimum atomic E-state index is -0.559. The van der Waals surface area contributed by atoms with Gasteiger partial charge in [-0.25, -0.2) is 14.6 Å². The molecule has 2 amide bonds. The average molecular weight is 384 g/mol. The number of anilines is 1. The molecule has 0 unspecified atom stereocenters. The molecule has 28 heavy (non-hydrogen) atoms. The highest BCUT2D eigenvalue weighted by Gasteiger charge is 2.17. The maximum atomic E-state index is 12.8. The number of nitrogens with zero attached hydrogens (tertiary/aromatic N) is 4. The molecule has 0 aliphatic heterocycles. The predicted molar refractivity (Wildman–Crippen MR) is 109 cm³/mol. The lowest BCUT2D eigenvalue weighted by molar-refractivity contribution is 0.255. The Morgan fingerprint density at radius 1 is 1.11 bits per heavy atom. The van der Waals surface area contributed by atoms with E-state index in [1.807, 2.05) is 13.8 Å². The molecule has 0 atom stereocenters. The molecule has 0 radical (unpaired) electrons. The van der Waals surface area contributed by atoms with Crippen LogP contribution in [-0.4, -0.2) is 32.2 Å². The van der Waals surface area contributed by atoms with Crippen LogP contribution >= 0.6 is 0 Å². The number of amides is 2. The van der Waals surface area contributed by atoms with Gasteiger partial charge in [0.2, 0.25) is 0 Å². The van der Waals surface area contributed by atoms with Crippen molar-refractivity contribution in [2.75, 3.05) is 11.9 Å². The van der Waals surface area contributed by atoms with Crippen molar-refractivity contribution in [2.45, 2.75) is 39.8 Å². The molecule has 0 saturated carbocycles. The first-order valence-corrected chi connectivity index (χ1v) is 9.26. The summed E-state index contributed by atoms with van der Waals surface area (Å²) in [5.74, 6) is 0.485. The number of imidazole rings is 1. The highest BCUT2D eigenvalue weighted by Crippen LogP contribution is 2.22. The molecule has 0 spiro atoms. The van der Waals surface area contributed by atoms with Crippen molar-refractivity contribution in [3.8, 4) is 11.4 Å². The fourth-order valence-electron chi connectivity index (χ4n) is 3.12. The zero-order valence-electron chi connectivity index (χ0n) is 16.2. The monoisotopic (exact) mass is 384 g/mol. The number of nitrogens with one attached hydrogen (secondary N) is 1. The standard InChI is InChI=1S/C19H24N6O3/c1-4-10-24-16-14(17(26)25(11-5-2)19(24)28)21-15(22-16)12-6-8-13(9-7-12)23(3)18(20)27/h6-9H,4-5,10-11H2,1-3H3,(H2,20,27)(H,21,22). The number of hydrogen-bond acceptors (Lipinski definition) is 4. The summed E-state index contributed by atoms with van der Waals surface area (Å²) in [7, 11) is 1.58. The second kappa shape index (κ2) is 7.71. The number of aromatic nitrogens is 4. The third-order valence-corrected chi connectivity index (χ3v) is 4.61. The Labute approximate surface area is 161 Å². The Morgan fingerprint density at radius 2 is 1.71 bits per heavy atom. The molecule has 9 nitrogen and oxygen atoms in total. The summed E-state index contributed by atoms with van der Waals surface area (Å²) in [5.41, 5.74) is 6.63. The van der Waals surface area contributed by atoms with E-state index in [0.717, 1.165) is 12.0 Å². The third-order valence-electron chi connectivity index (χ3n) is 4.61. The molecule has 2 heterocycles. The van der Waals surface area contributed by atoms with Gasteiger partial charge in [0.25, 0.3) is 5.56 Å². The molecular formula is C19H24N6O3. The van der Waals surface area contributed by atoms with E-state index in [4.69, 9.17) is 5.73 Å².